The van der Waals surface area contributed by atoms with Crippen LogP contribution in [0.2, 0.25) is 0 Å². The highest BCUT2D eigenvalue weighted by atomic mass is 32.2. The first kappa shape index (κ1) is 18.7. The Balaban J connectivity index is 1.99. The molecule has 2 aromatic rings. The smallest absolute Gasteiger partial charge is 0.241 e. The third-order valence-electron chi connectivity index (χ3n) is 4.87. The van der Waals surface area contributed by atoms with Crippen molar-refractivity contribution in [3.63, 3.8) is 0 Å². The van der Waals surface area contributed by atoms with Crippen molar-refractivity contribution in [2.45, 2.75) is 50.7 Å². The molecule has 5 nitrogen and oxygen atoms in total. The average molecular weight is 375 g/mol. The molecule has 0 bridgehead atoms. The van der Waals surface area contributed by atoms with E-state index in [0.717, 1.165) is 16.9 Å². The molecule has 1 atom stereocenters. The number of benzene rings is 2. The van der Waals surface area contributed by atoms with Crippen LogP contribution >= 0.6 is 0 Å². The quantitative estimate of drug-likeness (QED) is 0.880. The lowest BCUT2D eigenvalue weighted by Gasteiger charge is -2.37. The Labute approximate surface area is 155 Å². The number of sulfonamides is 1. The topological polar surface area (TPSA) is 64.6 Å². The fraction of sp³-hybridized carbons (Fsp3) is 0.400. The van der Waals surface area contributed by atoms with Gasteiger partial charge in [0.2, 0.25) is 10.0 Å². The standard InChI is InChI=1S/C20H25NO4S/c1-13-14(2)19(11-10-17(13)24-5)26(22,23)21-16-12-20(3,4)25-18-9-7-6-8-15(16)18/h6-11,16,21H,12H2,1-5H3/t16-/m0/s1. The van der Waals surface area contributed by atoms with Gasteiger partial charge >= 0.3 is 0 Å². The number of nitrogens with one attached hydrogen (secondary N) is 1. The van der Waals surface area contributed by atoms with Gasteiger partial charge in [0.15, 0.2) is 0 Å². The van der Waals surface area contributed by atoms with E-state index in [1.54, 1.807) is 26.2 Å². The molecule has 0 spiro atoms. The first-order valence-corrected chi connectivity index (χ1v) is 10.1. The van der Waals surface area contributed by atoms with Crippen LogP contribution in [0.5, 0.6) is 11.5 Å². The maximum atomic E-state index is 13.1. The van der Waals surface area contributed by atoms with E-state index in [1.165, 1.54) is 0 Å². The number of fused-ring (bicyclic) bond motifs is 1. The third kappa shape index (κ3) is 3.44. The molecule has 1 aliphatic heterocycles. The number of ether oxygens (including phenoxy) is 2. The van der Waals surface area contributed by atoms with Gasteiger partial charge in [-0.1, -0.05) is 18.2 Å². The van der Waals surface area contributed by atoms with Crippen LogP contribution < -0.4 is 14.2 Å². The van der Waals surface area contributed by atoms with E-state index in [9.17, 15) is 8.42 Å². The van der Waals surface area contributed by atoms with Gasteiger partial charge in [0, 0.05) is 12.0 Å². The molecule has 1 N–H and O–H groups in total. The molecule has 1 heterocycles. The van der Waals surface area contributed by atoms with Crippen LogP contribution in [0.1, 0.15) is 43.0 Å². The number of hydrogen-bond donors (Lipinski definition) is 1. The highest BCUT2D eigenvalue weighted by molar-refractivity contribution is 7.89. The van der Waals surface area contributed by atoms with Crippen molar-refractivity contribution < 1.29 is 17.9 Å². The fourth-order valence-corrected chi connectivity index (χ4v) is 4.96. The molecule has 140 valence electrons. The van der Waals surface area contributed by atoms with Crippen LogP contribution in [-0.4, -0.2) is 21.1 Å². The summed E-state index contributed by atoms with van der Waals surface area (Å²) >= 11 is 0. The predicted octanol–water partition coefficient (Wildman–Crippen LogP) is 3.89. The number of rotatable bonds is 4. The molecule has 6 heteroatoms. The van der Waals surface area contributed by atoms with Gasteiger partial charge in [-0.2, -0.15) is 0 Å². The summed E-state index contributed by atoms with van der Waals surface area (Å²) in [7, 11) is -2.11. The minimum Gasteiger partial charge on any atom is -0.496 e. The highest BCUT2D eigenvalue weighted by Gasteiger charge is 2.36. The molecule has 0 saturated carbocycles. The summed E-state index contributed by atoms with van der Waals surface area (Å²) in [5, 5.41) is 0. The van der Waals surface area contributed by atoms with E-state index in [2.05, 4.69) is 4.72 Å². The van der Waals surface area contributed by atoms with E-state index in [0.29, 0.717) is 17.7 Å². The van der Waals surface area contributed by atoms with Gasteiger partial charge < -0.3 is 9.47 Å². The van der Waals surface area contributed by atoms with Crippen molar-refractivity contribution in [1.29, 1.82) is 0 Å². The molecule has 2 aromatic carbocycles. The van der Waals surface area contributed by atoms with Gasteiger partial charge in [-0.15, -0.1) is 0 Å². The van der Waals surface area contributed by atoms with Crippen LogP contribution in [-0.2, 0) is 10.0 Å². The summed E-state index contributed by atoms with van der Waals surface area (Å²) in [6.07, 6.45) is 0.553. The number of para-hydroxylation sites is 1. The maximum Gasteiger partial charge on any atom is 0.241 e. The Morgan fingerprint density at radius 1 is 1.12 bits per heavy atom. The van der Waals surface area contributed by atoms with Gasteiger partial charge in [0.05, 0.1) is 18.0 Å². The van der Waals surface area contributed by atoms with Crippen LogP contribution in [0.25, 0.3) is 0 Å². The van der Waals surface area contributed by atoms with E-state index in [1.807, 2.05) is 45.0 Å². The zero-order valence-corrected chi connectivity index (χ0v) is 16.6. The van der Waals surface area contributed by atoms with Gasteiger partial charge in [-0.05, 0) is 57.0 Å². The van der Waals surface area contributed by atoms with Gasteiger partial charge in [0.25, 0.3) is 0 Å². The lowest BCUT2D eigenvalue weighted by atomic mass is 9.90. The number of hydrogen-bond acceptors (Lipinski definition) is 4. The largest absolute Gasteiger partial charge is 0.496 e. The Morgan fingerprint density at radius 3 is 2.50 bits per heavy atom. The van der Waals surface area contributed by atoms with Crippen molar-refractivity contribution in [2.24, 2.45) is 0 Å². The summed E-state index contributed by atoms with van der Waals surface area (Å²) in [5.41, 5.74) is 1.92. The number of methoxy groups -OCH3 is 1. The minimum absolute atomic E-state index is 0.276. The molecular formula is C20H25NO4S. The maximum absolute atomic E-state index is 13.1. The first-order valence-electron chi connectivity index (χ1n) is 8.59. The van der Waals surface area contributed by atoms with Crippen molar-refractivity contribution in [2.75, 3.05) is 7.11 Å². The highest BCUT2D eigenvalue weighted by Crippen LogP contribution is 2.40. The van der Waals surface area contributed by atoms with Gasteiger partial charge in [-0.25, -0.2) is 13.1 Å². The normalized spacial score (nSPS) is 18.7. The second-order valence-corrected chi connectivity index (χ2v) is 8.98. The fourth-order valence-electron chi connectivity index (χ4n) is 3.44. The SMILES string of the molecule is COc1ccc(S(=O)(=O)N[C@H]2CC(C)(C)Oc3ccccc32)c(C)c1C. The van der Waals surface area contributed by atoms with Crippen molar-refractivity contribution >= 4 is 10.0 Å². The molecule has 0 unspecified atom stereocenters. The van der Waals surface area contributed by atoms with E-state index >= 15 is 0 Å². The molecule has 0 fully saturated rings. The zero-order chi connectivity index (χ0) is 19.1. The predicted molar refractivity (Wildman–Crippen MR) is 101 cm³/mol. The van der Waals surface area contributed by atoms with Crippen molar-refractivity contribution in [3.05, 3.63) is 53.1 Å². The zero-order valence-electron chi connectivity index (χ0n) is 15.8. The Kier molecular flexibility index (Phi) is 4.75. The first-order chi connectivity index (χ1) is 12.1. The van der Waals surface area contributed by atoms with Gasteiger partial charge in [0.1, 0.15) is 17.1 Å². The van der Waals surface area contributed by atoms with Crippen LogP contribution in [0.3, 0.4) is 0 Å². The summed E-state index contributed by atoms with van der Waals surface area (Å²) in [4.78, 5) is 0.276. The van der Waals surface area contributed by atoms with E-state index in [-0.39, 0.29) is 10.9 Å². The summed E-state index contributed by atoms with van der Waals surface area (Å²) in [6.45, 7) is 7.59. The molecule has 1 aliphatic rings. The Bertz CT molecular complexity index is 935. The molecule has 3 rings (SSSR count). The molecule has 0 amide bonds. The van der Waals surface area contributed by atoms with Crippen LogP contribution in [0.15, 0.2) is 41.3 Å². The molecular weight excluding hydrogens is 350 g/mol. The van der Waals surface area contributed by atoms with E-state index < -0.39 is 15.6 Å². The van der Waals surface area contributed by atoms with Gasteiger partial charge in [-0.3, -0.25) is 0 Å². The third-order valence-corrected chi connectivity index (χ3v) is 6.49. The molecule has 26 heavy (non-hydrogen) atoms. The van der Waals surface area contributed by atoms with E-state index in [4.69, 9.17) is 9.47 Å². The monoisotopic (exact) mass is 375 g/mol. The summed E-state index contributed by atoms with van der Waals surface area (Å²) < 4.78 is 40.4. The lowest BCUT2D eigenvalue weighted by Crippen LogP contribution is -2.41. The van der Waals surface area contributed by atoms with Crippen LogP contribution in [0.4, 0.5) is 0 Å². The Morgan fingerprint density at radius 2 is 1.81 bits per heavy atom. The molecule has 0 radical (unpaired) electrons. The van der Waals surface area contributed by atoms with Crippen molar-refractivity contribution in [1.82, 2.24) is 4.72 Å². The van der Waals surface area contributed by atoms with Crippen LogP contribution in [0, 0.1) is 13.8 Å². The molecule has 0 aromatic heterocycles. The summed E-state index contributed by atoms with van der Waals surface area (Å²) in [5.74, 6) is 1.40. The minimum atomic E-state index is -3.69. The average Bonchev–Trinajstić information content (AvgIpc) is 2.55. The summed E-state index contributed by atoms with van der Waals surface area (Å²) in [6, 6.07) is 10.5. The Hall–Kier alpha value is -2.05. The van der Waals surface area contributed by atoms with Crippen molar-refractivity contribution in [3.8, 4) is 11.5 Å². The molecule has 0 aliphatic carbocycles. The second-order valence-electron chi connectivity index (χ2n) is 7.29. The second kappa shape index (κ2) is 6.59. The molecule has 0 saturated heterocycles. The lowest BCUT2D eigenvalue weighted by molar-refractivity contribution is 0.0702.